The molecule has 0 aromatic carbocycles. The number of carboxylic acids is 2. The van der Waals surface area contributed by atoms with Crippen molar-refractivity contribution in [2.75, 3.05) is 0 Å². The maximum atomic E-state index is 12.3. The van der Waals surface area contributed by atoms with Gasteiger partial charge in [-0.15, -0.1) is 0 Å². The SMILES string of the molecule is C=CC1=C(C)/C(=C/c2[nH]c(Cc3[nH]c(/C=C4\NC(=O)C(C)=C4C=C)c(C)c3CCC(=O)O)c(CCC(=O)O)c2C)NC1=O.CC(=O)C(=O)O[C@H]1CC[C@@]2(C)C(=CC[C@H]3[C@@H]4CC[C@H]([C@H](C)CCCC(C)C)[C@@]4(C)CC[C@@H]32)C1. The molecule has 0 spiro atoms. The average molecular weight is 1040 g/mol. The van der Waals surface area contributed by atoms with E-state index in [2.05, 4.69) is 74.5 Å². The predicted octanol–water partition coefficient (Wildman–Crippen LogP) is 12.1. The van der Waals surface area contributed by atoms with Gasteiger partial charge < -0.3 is 35.6 Å². The van der Waals surface area contributed by atoms with Crippen molar-refractivity contribution < 1.29 is 43.7 Å². The van der Waals surface area contributed by atoms with Crippen LogP contribution in [0.25, 0.3) is 12.2 Å². The fraction of sp³-hybridized carbons (Fsp3) is 0.556. The molecule has 3 fully saturated rings. The molecule has 6 N–H and O–H groups in total. The van der Waals surface area contributed by atoms with Crippen LogP contribution in [0.5, 0.6) is 0 Å². The maximum Gasteiger partial charge on any atom is 0.374 e. The second kappa shape index (κ2) is 23.6. The molecule has 2 aliphatic heterocycles. The van der Waals surface area contributed by atoms with Crippen molar-refractivity contribution in [2.24, 2.45) is 46.3 Å². The Hall–Kier alpha value is -6.24. The molecule has 3 saturated carbocycles. The molecule has 4 heterocycles. The molecule has 76 heavy (non-hydrogen) atoms. The summed E-state index contributed by atoms with van der Waals surface area (Å²) in [6, 6.07) is 0. The Balaban J connectivity index is 0.000000229. The third kappa shape index (κ3) is 11.8. The van der Waals surface area contributed by atoms with Gasteiger partial charge in [0.1, 0.15) is 6.10 Å². The second-order valence-corrected chi connectivity index (χ2v) is 23.8. The lowest BCUT2D eigenvalue weighted by Crippen LogP contribution is -2.51. The molecule has 0 radical (unpaired) electrons. The number of carboxylic acid groups (broad SMARTS) is 2. The topological polar surface area (TPSA) is 208 Å². The fourth-order valence-electron chi connectivity index (χ4n) is 14.6. The number of carbonyl (C=O) groups excluding carboxylic acids is 4. The van der Waals surface area contributed by atoms with Crippen LogP contribution in [0.15, 0.2) is 70.6 Å². The second-order valence-electron chi connectivity index (χ2n) is 23.8. The predicted molar refractivity (Wildman–Crippen MR) is 297 cm³/mol. The smallest absolute Gasteiger partial charge is 0.374 e. The lowest BCUT2D eigenvalue weighted by atomic mass is 9.47. The first-order chi connectivity index (χ1) is 35.9. The molecule has 2 amide bonds. The van der Waals surface area contributed by atoms with Gasteiger partial charge >= 0.3 is 17.9 Å². The van der Waals surface area contributed by atoms with Crippen molar-refractivity contribution in [3.8, 4) is 0 Å². The number of ketones is 1. The summed E-state index contributed by atoms with van der Waals surface area (Å²) in [7, 11) is 0. The highest BCUT2D eigenvalue weighted by Gasteiger charge is 2.59. The fourth-order valence-corrected chi connectivity index (χ4v) is 14.6. The van der Waals surface area contributed by atoms with Gasteiger partial charge in [0, 0.05) is 77.8 Å². The van der Waals surface area contributed by atoms with Crippen LogP contribution in [0, 0.1) is 60.2 Å². The molecule has 13 nitrogen and oxygen atoms in total. The number of aromatic nitrogens is 2. The van der Waals surface area contributed by atoms with Gasteiger partial charge in [-0.1, -0.05) is 90.8 Å². The Morgan fingerprint density at radius 3 is 1.91 bits per heavy atom. The van der Waals surface area contributed by atoms with Crippen LogP contribution >= 0.6 is 0 Å². The van der Waals surface area contributed by atoms with Crippen LogP contribution in [0.2, 0.25) is 0 Å². The highest BCUT2D eigenvalue weighted by Crippen LogP contribution is 2.67. The van der Waals surface area contributed by atoms with Crippen molar-refractivity contribution >= 4 is 47.7 Å². The van der Waals surface area contributed by atoms with Gasteiger partial charge in [0.25, 0.3) is 11.8 Å². The van der Waals surface area contributed by atoms with E-state index in [9.17, 15) is 39.0 Å². The third-order valence-corrected chi connectivity index (χ3v) is 18.9. The largest absolute Gasteiger partial charge is 0.481 e. The quantitative estimate of drug-likeness (QED) is 0.0449. The van der Waals surface area contributed by atoms with Gasteiger partial charge in [0.15, 0.2) is 0 Å². The van der Waals surface area contributed by atoms with E-state index in [0.29, 0.717) is 39.9 Å². The Kier molecular flexibility index (Phi) is 17.8. The molecule has 8 rings (SSSR count). The zero-order chi connectivity index (χ0) is 55.6. The summed E-state index contributed by atoms with van der Waals surface area (Å²) in [6.07, 6.45) is 23.8. The van der Waals surface area contributed by atoms with E-state index < -0.39 is 23.7 Å². The molecule has 2 aromatic heterocycles. The van der Waals surface area contributed by atoms with E-state index in [-0.39, 0.29) is 49.0 Å². The number of H-pyrrole nitrogens is 2. The van der Waals surface area contributed by atoms with Crippen LogP contribution in [0.1, 0.15) is 184 Å². The number of hydrogen-bond donors (Lipinski definition) is 6. The van der Waals surface area contributed by atoms with Crippen molar-refractivity contribution in [1.82, 2.24) is 20.6 Å². The molecule has 0 bridgehead atoms. The van der Waals surface area contributed by atoms with Crippen LogP contribution in [0.4, 0.5) is 0 Å². The molecule has 6 aliphatic rings. The van der Waals surface area contributed by atoms with E-state index >= 15 is 0 Å². The number of hydrogen-bond acceptors (Lipinski definition) is 7. The normalized spacial score (nSPS) is 27.3. The standard InChI is InChI=1S/C33H36N4O6.C30H48O3/c1-7-20-19(6)32(42)37-27(20)14-25-18(5)23(10-12-31(40)41)29(35-25)15-28-22(9-11-30(38)39)17(4)24(34-28)13-26-16(3)21(8-2)33(43)36-26;1-19(2)8-7-9-20(3)25-12-13-26-24-11-10-22-18-23(33-28(32)21(4)31)14-16-29(22,5)27(24)15-17-30(25,26)6/h7-8,13-14,34-35H,1-2,9-12,15H2,3-6H3,(H,36,43)(H,37,42)(H,38,39)(H,40,41);10,19-20,23-27H,7-9,11-18H2,1-6H3/b26-13-,27-14-;/t;20-,23+,24+,25-,26+,27+,29+,30-/m.1/s1. The highest BCUT2D eigenvalue weighted by molar-refractivity contribution is 6.32. The van der Waals surface area contributed by atoms with Gasteiger partial charge in [0.2, 0.25) is 5.78 Å². The molecule has 410 valence electrons. The number of amides is 2. The number of carbonyl (C=O) groups is 6. The van der Waals surface area contributed by atoms with Crippen molar-refractivity contribution in [1.29, 1.82) is 0 Å². The highest BCUT2D eigenvalue weighted by atomic mass is 16.5. The number of aliphatic carboxylic acids is 2. The zero-order valence-electron chi connectivity index (χ0n) is 46.9. The van der Waals surface area contributed by atoms with Crippen molar-refractivity contribution in [2.45, 2.75) is 178 Å². The number of nitrogens with one attached hydrogen (secondary N) is 4. The summed E-state index contributed by atoms with van der Waals surface area (Å²) < 4.78 is 5.53. The van der Waals surface area contributed by atoms with Crippen LogP contribution < -0.4 is 10.6 Å². The van der Waals surface area contributed by atoms with E-state index in [1.807, 2.05) is 32.9 Å². The van der Waals surface area contributed by atoms with E-state index in [1.165, 1.54) is 69.9 Å². The number of aromatic amines is 2. The summed E-state index contributed by atoms with van der Waals surface area (Å²) >= 11 is 0. The van der Waals surface area contributed by atoms with Gasteiger partial charge in [0.05, 0.1) is 5.70 Å². The first kappa shape index (κ1) is 57.5. The summed E-state index contributed by atoms with van der Waals surface area (Å²) in [5.41, 5.74) is 12.5. The zero-order valence-corrected chi connectivity index (χ0v) is 46.9. The number of esters is 1. The Morgan fingerprint density at radius 2 is 1.36 bits per heavy atom. The number of allylic oxidation sites excluding steroid dienone is 3. The lowest BCUT2D eigenvalue weighted by molar-refractivity contribution is -0.158. The molecule has 8 atom stereocenters. The first-order valence-corrected chi connectivity index (χ1v) is 27.9. The Labute approximate surface area is 450 Å². The molecule has 0 unspecified atom stereocenters. The van der Waals surface area contributed by atoms with Crippen molar-refractivity contribution in [3.63, 3.8) is 0 Å². The minimum absolute atomic E-state index is 0.0688. The van der Waals surface area contributed by atoms with Crippen LogP contribution in [-0.4, -0.2) is 61.8 Å². The minimum Gasteiger partial charge on any atom is -0.481 e. The molecular formula is C63H84N4O9. The Bertz CT molecular complexity index is 2840. The first-order valence-electron chi connectivity index (χ1n) is 27.9. The van der Waals surface area contributed by atoms with Gasteiger partial charge in [-0.2, -0.15) is 0 Å². The summed E-state index contributed by atoms with van der Waals surface area (Å²) in [5, 5.41) is 24.6. The molecular weight excluding hydrogens is 957 g/mol. The third-order valence-electron chi connectivity index (χ3n) is 18.9. The molecule has 2 aromatic rings. The van der Waals surface area contributed by atoms with Crippen LogP contribution in [-0.2, 0) is 52.8 Å². The number of fused-ring (bicyclic) bond motifs is 5. The lowest BCUT2D eigenvalue weighted by Gasteiger charge is -2.58. The molecule has 0 saturated heterocycles. The Morgan fingerprint density at radius 1 is 0.763 bits per heavy atom. The van der Waals surface area contributed by atoms with Gasteiger partial charge in [-0.3, -0.25) is 24.0 Å². The van der Waals surface area contributed by atoms with E-state index in [0.717, 1.165) is 105 Å². The monoisotopic (exact) mass is 1040 g/mol. The van der Waals surface area contributed by atoms with Gasteiger partial charge in [-0.25, -0.2) is 4.79 Å². The minimum atomic E-state index is -0.922. The number of ether oxygens (including phenoxy) is 1. The molecule has 4 aliphatic carbocycles. The maximum absolute atomic E-state index is 12.3. The summed E-state index contributed by atoms with van der Waals surface area (Å²) in [4.78, 5) is 77.7. The summed E-state index contributed by atoms with van der Waals surface area (Å²) in [5.74, 6) is 1.62. The van der Waals surface area contributed by atoms with Crippen molar-refractivity contribution in [3.05, 3.63) is 116 Å². The van der Waals surface area contributed by atoms with E-state index in [1.54, 1.807) is 13.0 Å². The van der Waals surface area contributed by atoms with Crippen LogP contribution in [0.3, 0.4) is 0 Å². The van der Waals surface area contributed by atoms with Gasteiger partial charge in [-0.05, 0) is 172 Å². The number of rotatable bonds is 19. The number of Topliss-reactive ketones (excluding diaryl/α,β-unsaturated/α-hetero) is 1. The summed E-state index contributed by atoms with van der Waals surface area (Å²) in [6.45, 7) is 28.6. The molecule has 13 heteroatoms. The average Bonchev–Trinajstić information content (AvgIpc) is 4.11. The van der Waals surface area contributed by atoms with E-state index in [4.69, 9.17) is 4.74 Å².